The van der Waals surface area contributed by atoms with E-state index in [9.17, 15) is 0 Å². The van der Waals surface area contributed by atoms with Gasteiger partial charge in [-0.05, 0) is 35.5 Å². The second-order valence-electron chi connectivity index (χ2n) is 8.16. The summed E-state index contributed by atoms with van der Waals surface area (Å²) in [4.78, 5) is 0. The maximum absolute atomic E-state index is 2.35. The summed E-state index contributed by atoms with van der Waals surface area (Å²) < 4.78 is 0. The molecule has 0 saturated carbocycles. The smallest absolute Gasteiger partial charge is 0.0184 e. The fraction of sp³-hybridized carbons (Fsp3) is 0.769. The van der Waals surface area contributed by atoms with E-state index in [1.165, 1.54) is 124 Å². The van der Waals surface area contributed by atoms with Crippen molar-refractivity contribution in [2.24, 2.45) is 0 Å². The fourth-order valence-electron chi connectivity index (χ4n) is 3.43. The summed E-state index contributed by atoms with van der Waals surface area (Å²) in [7, 11) is 0. The number of rotatable bonds is 20. The molecule has 1 aromatic carbocycles. The summed E-state index contributed by atoms with van der Waals surface area (Å²) in [5.41, 5.74) is 2.99. The van der Waals surface area contributed by atoms with Crippen molar-refractivity contribution >= 4 is 23.5 Å². The molecule has 28 heavy (non-hydrogen) atoms. The Kier molecular flexibility index (Phi) is 18.7. The standard InChI is InChI=1S/C26H46S2/c1-3-5-7-9-11-13-15-21-27-23-25-17-19-26(20-18-25)24-28-22-16-14-12-10-8-6-4-2/h17-20H,3-16,21-24H2,1-2H3. The van der Waals surface area contributed by atoms with Gasteiger partial charge in [0.2, 0.25) is 0 Å². The quantitative estimate of drug-likeness (QED) is 0.192. The third kappa shape index (κ3) is 15.8. The number of unbranched alkanes of at least 4 members (excludes halogenated alkanes) is 12. The molecule has 0 saturated heterocycles. The molecule has 2 heteroatoms. The van der Waals surface area contributed by atoms with Crippen molar-refractivity contribution in [3.8, 4) is 0 Å². The Labute approximate surface area is 185 Å². The fourth-order valence-corrected chi connectivity index (χ4v) is 5.40. The molecule has 0 aliphatic carbocycles. The molecule has 0 N–H and O–H groups in total. The third-order valence-corrected chi connectivity index (χ3v) is 7.57. The number of hydrogen-bond donors (Lipinski definition) is 0. The normalized spacial score (nSPS) is 11.2. The average molecular weight is 423 g/mol. The molecule has 0 unspecified atom stereocenters. The lowest BCUT2D eigenvalue weighted by atomic mass is 10.1. The molecule has 0 aliphatic rings. The van der Waals surface area contributed by atoms with E-state index in [-0.39, 0.29) is 0 Å². The lowest BCUT2D eigenvalue weighted by Crippen LogP contribution is -1.88. The molecule has 0 spiro atoms. The first-order chi connectivity index (χ1) is 13.9. The van der Waals surface area contributed by atoms with Gasteiger partial charge in [-0.25, -0.2) is 0 Å². The van der Waals surface area contributed by atoms with Crippen LogP contribution in [0.3, 0.4) is 0 Å². The summed E-state index contributed by atoms with van der Waals surface area (Å²) in [6.45, 7) is 4.58. The van der Waals surface area contributed by atoms with Crippen molar-refractivity contribution in [3.05, 3.63) is 35.4 Å². The maximum Gasteiger partial charge on any atom is 0.0184 e. The predicted molar refractivity (Wildman–Crippen MR) is 135 cm³/mol. The highest BCUT2D eigenvalue weighted by atomic mass is 32.2. The highest BCUT2D eigenvalue weighted by Gasteiger charge is 1.98. The van der Waals surface area contributed by atoms with Crippen molar-refractivity contribution in [2.75, 3.05) is 11.5 Å². The van der Waals surface area contributed by atoms with Gasteiger partial charge in [0.15, 0.2) is 0 Å². The molecular weight excluding hydrogens is 376 g/mol. The van der Waals surface area contributed by atoms with E-state index in [2.05, 4.69) is 61.6 Å². The second kappa shape index (κ2) is 20.2. The molecule has 0 fully saturated rings. The Morgan fingerprint density at radius 3 is 1.14 bits per heavy atom. The molecule has 0 heterocycles. The maximum atomic E-state index is 2.35. The van der Waals surface area contributed by atoms with E-state index in [0.717, 1.165) is 0 Å². The van der Waals surface area contributed by atoms with Crippen molar-refractivity contribution in [1.82, 2.24) is 0 Å². The van der Waals surface area contributed by atoms with E-state index in [1.807, 2.05) is 0 Å². The minimum absolute atomic E-state index is 1.18. The minimum Gasteiger partial charge on any atom is -0.157 e. The monoisotopic (exact) mass is 422 g/mol. The first kappa shape index (κ1) is 26.0. The molecule has 0 radical (unpaired) electrons. The zero-order valence-corrected chi connectivity index (χ0v) is 20.5. The van der Waals surface area contributed by atoms with Gasteiger partial charge >= 0.3 is 0 Å². The van der Waals surface area contributed by atoms with Crippen LogP contribution < -0.4 is 0 Å². The van der Waals surface area contributed by atoms with E-state index < -0.39 is 0 Å². The first-order valence-corrected chi connectivity index (χ1v) is 14.4. The van der Waals surface area contributed by atoms with Gasteiger partial charge in [0, 0.05) is 11.5 Å². The highest BCUT2D eigenvalue weighted by molar-refractivity contribution is 7.98. The molecule has 0 amide bonds. The van der Waals surface area contributed by atoms with E-state index >= 15 is 0 Å². The van der Waals surface area contributed by atoms with Crippen LogP contribution in [-0.4, -0.2) is 11.5 Å². The van der Waals surface area contributed by atoms with Gasteiger partial charge in [-0.3, -0.25) is 0 Å². The van der Waals surface area contributed by atoms with Crippen molar-refractivity contribution in [2.45, 2.75) is 115 Å². The van der Waals surface area contributed by atoms with Crippen LogP contribution in [0.2, 0.25) is 0 Å². The molecule has 0 atom stereocenters. The summed E-state index contributed by atoms with van der Waals surface area (Å²) in [6.07, 6.45) is 19.8. The van der Waals surface area contributed by atoms with Gasteiger partial charge in [-0.2, -0.15) is 23.5 Å². The van der Waals surface area contributed by atoms with Crippen LogP contribution in [0.25, 0.3) is 0 Å². The van der Waals surface area contributed by atoms with E-state index in [1.54, 1.807) is 0 Å². The van der Waals surface area contributed by atoms with Crippen LogP contribution in [0.1, 0.15) is 115 Å². The zero-order chi connectivity index (χ0) is 20.1. The van der Waals surface area contributed by atoms with E-state index in [4.69, 9.17) is 0 Å². The van der Waals surface area contributed by atoms with Crippen LogP contribution in [0, 0.1) is 0 Å². The topological polar surface area (TPSA) is 0 Å². The van der Waals surface area contributed by atoms with Gasteiger partial charge in [0.05, 0.1) is 0 Å². The molecule has 0 aromatic heterocycles. The van der Waals surface area contributed by atoms with Gasteiger partial charge in [-0.15, -0.1) is 0 Å². The van der Waals surface area contributed by atoms with Crippen molar-refractivity contribution in [3.63, 3.8) is 0 Å². The zero-order valence-electron chi connectivity index (χ0n) is 18.9. The van der Waals surface area contributed by atoms with Crippen molar-refractivity contribution in [1.29, 1.82) is 0 Å². The Hall–Kier alpha value is -0.0800. The number of thioether (sulfide) groups is 2. The summed E-state index contributed by atoms with van der Waals surface area (Å²) >= 11 is 4.22. The van der Waals surface area contributed by atoms with Crippen LogP contribution in [0.4, 0.5) is 0 Å². The predicted octanol–water partition coefficient (Wildman–Crippen LogP) is 9.65. The molecule has 1 aromatic rings. The molecule has 0 nitrogen and oxygen atoms in total. The van der Waals surface area contributed by atoms with Crippen molar-refractivity contribution < 1.29 is 0 Å². The Balaban J connectivity index is 1.94. The Morgan fingerprint density at radius 2 is 0.786 bits per heavy atom. The van der Waals surface area contributed by atoms with Gasteiger partial charge in [0.1, 0.15) is 0 Å². The van der Waals surface area contributed by atoms with Crippen LogP contribution in [0.15, 0.2) is 24.3 Å². The lowest BCUT2D eigenvalue weighted by Gasteiger charge is -2.06. The van der Waals surface area contributed by atoms with Crippen LogP contribution in [0.5, 0.6) is 0 Å². The molecule has 1 rings (SSSR count). The first-order valence-electron chi connectivity index (χ1n) is 12.1. The summed E-state index contributed by atoms with van der Waals surface area (Å²) in [5.74, 6) is 5.01. The van der Waals surface area contributed by atoms with Gasteiger partial charge in [0.25, 0.3) is 0 Å². The van der Waals surface area contributed by atoms with Gasteiger partial charge < -0.3 is 0 Å². The number of hydrogen-bond acceptors (Lipinski definition) is 2. The Bertz CT molecular complexity index is 386. The molecule has 0 aliphatic heterocycles. The Morgan fingerprint density at radius 1 is 0.464 bits per heavy atom. The molecular formula is C26H46S2. The molecule has 162 valence electrons. The van der Waals surface area contributed by atoms with Crippen LogP contribution in [-0.2, 0) is 11.5 Å². The number of benzene rings is 1. The lowest BCUT2D eigenvalue weighted by molar-refractivity contribution is 0.603. The largest absolute Gasteiger partial charge is 0.157 e. The average Bonchev–Trinajstić information content (AvgIpc) is 2.72. The second-order valence-corrected chi connectivity index (χ2v) is 10.4. The summed E-state index contributed by atoms with van der Waals surface area (Å²) in [5, 5.41) is 0. The SMILES string of the molecule is CCCCCCCCCSCc1ccc(CSCCCCCCCCC)cc1. The minimum atomic E-state index is 1.18. The highest BCUT2D eigenvalue weighted by Crippen LogP contribution is 2.19. The molecule has 0 bridgehead atoms. The summed E-state index contributed by atoms with van der Waals surface area (Å²) in [6, 6.07) is 9.39. The van der Waals surface area contributed by atoms with Gasteiger partial charge in [-0.1, -0.05) is 115 Å². The van der Waals surface area contributed by atoms with Crippen LogP contribution >= 0.6 is 23.5 Å². The third-order valence-electron chi connectivity index (χ3n) is 5.34. The van der Waals surface area contributed by atoms with E-state index in [0.29, 0.717) is 0 Å².